The Balaban J connectivity index is 2.84. The number of aliphatic imine (C=N–C) groups is 2. The van der Waals surface area contributed by atoms with E-state index in [2.05, 4.69) is 20.6 Å². The van der Waals surface area contributed by atoms with Crippen LogP contribution in [0, 0.1) is 0 Å². The molecular weight excluding hydrogens is 510 g/mol. The predicted molar refractivity (Wildman–Crippen MR) is 147 cm³/mol. The van der Waals surface area contributed by atoms with Crippen molar-refractivity contribution in [3.8, 4) is 0 Å². The third kappa shape index (κ3) is 12.6. The molecule has 0 bridgehead atoms. The largest absolute Gasteiger partial charge is 0.480 e. The van der Waals surface area contributed by atoms with Crippen LogP contribution in [0.5, 0.6) is 0 Å². The van der Waals surface area contributed by atoms with Crippen molar-refractivity contribution in [1.82, 2.24) is 15.5 Å². The first-order valence-electron chi connectivity index (χ1n) is 13.2. The van der Waals surface area contributed by atoms with Crippen LogP contribution in [0.1, 0.15) is 57.8 Å². The number of nitrogens with one attached hydrogen (secondary N) is 2. The van der Waals surface area contributed by atoms with Crippen LogP contribution in [0.15, 0.2) is 9.98 Å². The standard InChI is InChI=1S/C23H45N11O5/c24-10-2-1-7-15(18(35)33-16(21(38)39)8-4-12-31-23(28)29)32-19(36)17-9-5-13-34(17)20(37)14(25)6-3-11-30-22(26)27/h14-17H,1-13,24-25H2,(H,32,36)(H,33,35)(H,38,39)(H4,26,27,30)(H4,28,29,31). The molecule has 1 fully saturated rings. The van der Waals surface area contributed by atoms with Gasteiger partial charge in [-0.1, -0.05) is 0 Å². The molecule has 15 N–H and O–H groups in total. The second-order valence-corrected chi connectivity index (χ2v) is 9.44. The molecule has 1 heterocycles. The summed E-state index contributed by atoms with van der Waals surface area (Å²) in [7, 11) is 0. The highest BCUT2D eigenvalue weighted by molar-refractivity contribution is 5.94. The number of rotatable bonds is 18. The van der Waals surface area contributed by atoms with E-state index in [1.54, 1.807) is 0 Å². The van der Waals surface area contributed by atoms with E-state index in [0.717, 1.165) is 0 Å². The second-order valence-electron chi connectivity index (χ2n) is 9.44. The third-order valence-electron chi connectivity index (χ3n) is 6.26. The van der Waals surface area contributed by atoms with Gasteiger partial charge in [0.2, 0.25) is 17.7 Å². The highest BCUT2D eigenvalue weighted by Crippen LogP contribution is 2.20. The van der Waals surface area contributed by atoms with Crippen molar-refractivity contribution in [2.45, 2.75) is 82.0 Å². The average molecular weight is 556 g/mol. The van der Waals surface area contributed by atoms with Crippen LogP contribution >= 0.6 is 0 Å². The minimum atomic E-state index is -1.22. The summed E-state index contributed by atoms with van der Waals surface area (Å²) in [5.41, 5.74) is 32.8. The summed E-state index contributed by atoms with van der Waals surface area (Å²) in [4.78, 5) is 60.0. The summed E-state index contributed by atoms with van der Waals surface area (Å²) in [6.45, 7) is 1.30. The van der Waals surface area contributed by atoms with Gasteiger partial charge in [0.25, 0.3) is 0 Å². The fraction of sp³-hybridized carbons (Fsp3) is 0.739. The molecule has 1 aliphatic rings. The molecule has 1 rings (SSSR count). The number of amides is 3. The van der Waals surface area contributed by atoms with E-state index in [0.29, 0.717) is 64.6 Å². The molecular formula is C23H45N11O5. The molecule has 1 saturated heterocycles. The van der Waals surface area contributed by atoms with Crippen molar-refractivity contribution >= 4 is 35.6 Å². The van der Waals surface area contributed by atoms with E-state index in [1.165, 1.54) is 4.90 Å². The number of hydrogen-bond acceptors (Lipinski definition) is 8. The first-order valence-corrected chi connectivity index (χ1v) is 13.2. The van der Waals surface area contributed by atoms with Crippen molar-refractivity contribution in [2.75, 3.05) is 26.2 Å². The Bertz CT molecular complexity index is 875. The molecule has 0 aromatic rings. The molecule has 222 valence electrons. The van der Waals surface area contributed by atoms with Gasteiger partial charge >= 0.3 is 5.97 Å². The predicted octanol–water partition coefficient (Wildman–Crippen LogP) is -3.40. The normalized spacial score (nSPS) is 17.0. The Labute approximate surface area is 228 Å². The van der Waals surface area contributed by atoms with Gasteiger partial charge in [0.15, 0.2) is 11.9 Å². The number of unbranched alkanes of at least 4 members (excludes halogenated alkanes) is 1. The van der Waals surface area contributed by atoms with E-state index in [1.807, 2.05) is 0 Å². The number of aliphatic carboxylic acids is 1. The summed E-state index contributed by atoms with van der Waals surface area (Å²) in [5, 5.41) is 14.8. The first-order chi connectivity index (χ1) is 18.5. The fourth-order valence-corrected chi connectivity index (χ4v) is 4.22. The van der Waals surface area contributed by atoms with Crippen LogP contribution in [-0.4, -0.2) is 96.0 Å². The van der Waals surface area contributed by atoms with Crippen molar-refractivity contribution < 1.29 is 24.3 Å². The quantitative estimate of drug-likeness (QED) is 0.0456. The first kappa shape index (κ1) is 33.4. The summed E-state index contributed by atoms with van der Waals surface area (Å²) < 4.78 is 0. The van der Waals surface area contributed by atoms with E-state index >= 15 is 0 Å². The number of carboxylic acids is 1. The number of nitrogens with two attached hydrogens (primary N) is 6. The fourth-order valence-electron chi connectivity index (χ4n) is 4.22. The highest BCUT2D eigenvalue weighted by Gasteiger charge is 2.37. The Hall–Kier alpha value is -3.66. The van der Waals surface area contributed by atoms with Gasteiger partial charge in [-0.2, -0.15) is 0 Å². The number of carbonyl (C=O) groups is 4. The van der Waals surface area contributed by atoms with Crippen molar-refractivity contribution in [1.29, 1.82) is 0 Å². The molecule has 1 aliphatic heterocycles. The molecule has 0 radical (unpaired) electrons. The average Bonchev–Trinajstić information content (AvgIpc) is 3.36. The van der Waals surface area contributed by atoms with Gasteiger partial charge in [-0.05, 0) is 64.3 Å². The lowest BCUT2D eigenvalue weighted by atomic mass is 10.1. The van der Waals surface area contributed by atoms with Gasteiger partial charge in [0.1, 0.15) is 18.1 Å². The summed E-state index contributed by atoms with van der Waals surface area (Å²) in [6, 6.07) is -3.82. The Kier molecular flexibility index (Phi) is 15.2. The molecule has 0 saturated carbocycles. The van der Waals surface area contributed by atoms with Gasteiger partial charge in [-0.25, -0.2) is 4.79 Å². The van der Waals surface area contributed by atoms with Gasteiger partial charge in [-0.15, -0.1) is 0 Å². The Morgan fingerprint density at radius 1 is 0.872 bits per heavy atom. The molecule has 0 aromatic carbocycles. The smallest absolute Gasteiger partial charge is 0.326 e. The number of guanidine groups is 2. The van der Waals surface area contributed by atoms with Gasteiger partial charge in [0.05, 0.1) is 6.04 Å². The number of carbonyl (C=O) groups excluding carboxylic acids is 3. The maximum absolute atomic E-state index is 13.2. The zero-order valence-electron chi connectivity index (χ0n) is 22.4. The zero-order chi connectivity index (χ0) is 29.4. The van der Waals surface area contributed by atoms with Crippen molar-refractivity contribution in [2.24, 2.45) is 44.4 Å². The molecule has 4 unspecified atom stereocenters. The zero-order valence-corrected chi connectivity index (χ0v) is 22.4. The lowest BCUT2D eigenvalue weighted by Crippen LogP contribution is -2.56. The van der Waals surface area contributed by atoms with Crippen LogP contribution in [0.4, 0.5) is 0 Å². The molecule has 0 spiro atoms. The van der Waals surface area contributed by atoms with Gasteiger partial charge in [-0.3, -0.25) is 24.4 Å². The number of likely N-dealkylation sites (tertiary alicyclic amines) is 1. The lowest BCUT2D eigenvalue weighted by Gasteiger charge is -2.28. The molecule has 3 amide bonds. The van der Waals surface area contributed by atoms with Gasteiger partial charge in [0, 0.05) is 19.6 Å². The van der Waals surface area contributed by atoms with Crippen molar-refractivity contribution in [3.63, 3.8) is 0 Å². The highest BCUT2D eigenvalue weighted by atomic mass is 16.4. The SMILES string of the molecule is NCCCCC(NC(=O)C1CCCN1C(=O)C(N)CCCN=C(N)N)C(=O)NC(CCCN=C(N)N)C(=O)O. The molecule has 16 heteroatoms. The minimum absolute atomic E-state index is 0.0446. The molecule has 0 aliphatic carbocycles. The van der Waals surface area contributed by atoms with Crippen LogP contribution in [-0.2, 0) is 19.2 Å². The molecule has 39 heavy (non-hydrogen) atoms. The Morgan fingerprint density at radius 3 is 2.03 bits per heavy atom. The van der Waals surface area contributed by atoms with Gasteiger partial charge < -0.3 is 55.0 Å². The summed E-state index contributed by atoms with van der Waals surface area (Å²) in [5.74, 6) is -2.88. The van der Waals surface area contributed by atoms with Crippen LogP contribution in [0.3, 0.4) is 0 Å². The molecule has 4 atom stereocenters. The number of carboxylic acid groups (broad SMARTS) is 1. The van der Waals surface area contributed by atoms with Crippen LogP contribution in [0.2, 0.25) is 0 Å². The van der Waals surface area contributed by atoms with Crippen LogP contribution in [0.25, 0.3) is 0 Å². The maximum Gasteiger partial charge on any atom is 0.326 e. The third-order valence-corrected chi connectivity index (χ3v) is 6.26. The molecule has 0 aromatic heterocycles. The monoisotopic (exact) mass is 555 g/mol. The second kappa shape index (κ2) is 17.8. The molecule has 16 nitrogen and oxygen atoms in total. The van der Waals surface area contributed by atoms with E-state index in [-0.39, 0.29) is 37.2 Å². The van der Waals surface area contributed by atoms with Crippen LogP contribution < -0.4 is 45.0 Å². The Morgan fingerprint density at radius 2 is 1.46 bits per heavy atom. The topological polar surface area (TPSA) is 297 Å². The number of nitrogens with zero attached hydrogens (tertiary/aromatic N) is 3. The maximum atomic E-state index is 13.2. The summed E-state index contributed by atoms with van der Waals surface area (Å²) in [6.07, 6.45) is 3.66. The summed E-state index contributed by atoms with van der Waals surface area (Å²) >= 11 is 0. The van der Waals surface area contributed by atoms with E-state index in [4.69, 9.17) is 34.4 Å². The lowest BCUT2D eigenvalue weighted by molar-refractivity contribution is -0.143. The van der Waals surface area contributed by atoms with E-state index < -0.39 is 42.0 Å². The number of hydrogen-bond donors (Lipinski definition) is 9. The van der Waals surface area contributed by atoms with E-state index in [9.17, 15) is 24.3 Å². The minimum Gasteiger partial charge on any atom is -0.480 e. The van der Waals surface area contributed by atoms with Crippen molar-refractivity contribution in [3.05, 3.63) is 0 Å².